The van der Waals surface area contributed by atoms with E-state index in [0.717, 1.165) is 0 Å². The molecule has 0 amide bonds. The molecule has 18 heavy (non-hydrogen) atoms. The maximum Gasteiger partial charge on any atom is 0.337 e. The Hall–Kier alpha value is -2.74. The lowest BCUT2D eigenvalue weighted by Gasteiger charge is -2.09. The zero-order chi connectivity index (χ0) is 13.1. The number of esters is 1. The van der Waals surface area contributed by atoms with Gasteiger partial charge in [0.05, 0.1) is 24.0 Å². The highest BCUT2D eigenvalue weighted by Gasteiger charge is 2.10. The third kappa shape index (κ3) is 1.92. The Morgan fingerprint density at radius 2 is 2.22 bits per heavy atom. The summed E-state index contributed by atoms with van der Waals surface area (Å²) in [7, 11) is 1.31. The fourth-order valence-corrected chi connectivity index (χ4v) is 1.70. The van der Waals surface area contributed by atoms with Crippen molar-refractivity contribution in [3.05, 3.63) is 47.8 Å². The van der Waals surface area contributed by atoms with Crippen LogP contribution in [0.3, 0.4) is 0 Å². The summed E-state index contributed by atoms with van der Waals surface area (Å²) in [6.07, 6.45) is 1.74. The van der Waals surface area contributed by atoms with Crippen LogP contribution in [0.15, 0.2) is 36.5 Å². The number of methoxy groups -OCH3 is 1. The number of aromatic nitrogens is 1. The van der Waals surface area contributed by atoms with E-state index in [4.69, 9.17) is 11.0 Å². The molecule has 0 fully saturated rings. The highest BCUT2D eigenvalue weighted by molar-refractivity contribution is 5.91. The van der Waals surface area contributed by atoms with E-state index in [-0.39, 0.29) is 0 Å². The van der Waals surface area contributed by atoms with Gasteiger partial charge in [0, 0.05) is 6.20 Å². The number of hydrogen-bond donors (Lipinski definition) is 1. The van der Waals surface area contributed by atoms with Gasteiger partial charge in [-0.2, -0.15) is 5.26 Å². The number of anilines is 1. The molecule has 0 radical (unpaired) electrons. The quantitative estimate of drug-likeness (QED) is 0.641. The Bertz CT molecular complexity index is 638. The molecular weight excluding hydrogens is 230 g/mol. The van der Waals surface area contributed by atoms with Gasteiger partial charge in [0.25, 0.3) is 0 Å². The van der Waals surface area contributed by atoms with E-state index in [2.05, 4.69) is 10.8 Å². The summed E-state index contributed by atoms with van der Waals surface area (Å²) in [6, 6.07) is 10.3. The molecule has 0 unspecified atom stereocenters. The molecule has 0 saturated heterocycles. The monoisotopic (exact) mass is 241 g/mol. The van der Waals surface area contributed by atoms with Gasteiger partial charge in [0.1, 0.15) is 11.8 Å². The van der Waals surface area contributed by atoms with Crippen LogP contribution in [-0.2, 0) is 4.74 Å². The summed E-state index contributed by atoms with van der Waals surface area (Å²) in [6.45, 7) is 0. The van der Waals surface area contributed by atoms with Crippen molar-refractivity contribution in [1.82, 2.24) is 4.57 Å². The molecule has 1 aromatic carbocycles. The number of rotatable bonds is 2. The van der Waals surface area contributed by atoms with Crippen molar-refractivity contribution in [2.45, 2.75) is 0 Å². The van der Waals surface area contributed by atoms with Crippen LogP contribution in [0.25, 0.3) is 5.69 Å². The average Bonchev–Trinajstić information content (AvgIpc) is 2.85. The normalized spacial score (nSPS) is 9.78. The summed E-state index contributed by atoms with van der Waals surface area (Å²) in [4.78, 5) is 11.3. The highest BCUT2D eigenvalue weighted by Crippen LogP contribution is 2.21. The molecule has 2 rings (SSSR count). The summed E-state index contributed by atoms with van der Waals surface area (Å²) < 4.78 is 6.28. The molecule has 0 aliphatic heterocycles. The first kappa shape index (κ1) is 11.7. The predicted octanol–water partition coefficient (Wildman–Crippen LogP) is 1.72. The summed E-state index contributed by atoms with van der Waals surface area (Å²) >= 11 is 0. The lowest BCUT2D eigenvalue weighted by molar-refractivity contribution is 0.0601. The van der Waals surface area contributed by atoms with Crippen molar-refractivity contribution in [2.75, 3.05) is 12.8 Å². The summed E-state index contributed by atoms with van der Waals surface area (Å²) in [5, 5.41) is 8.95. The molecule has 0 aliphatic rings. The molecule has 0 aliphatic carbocycles. The molecule has 90 valence electrons. The van der Waals surface area contributed by atoms with Gasteiger partial charge >= 0.3 is 5.97 Å². The SMILES string of the molecule is COC(=O)c1ccc(-n2cccc2C#N)c(N)c1. The Morgan fingerprint density at radius 3 is 2.83 bits per heavy atom. The molecule has 1 heterocycles. The second kappa shape index (κ2) is 4.63. The van der Waals surface area contributed by atoms with Gasteiger partial charge in [-0.05, 0) is 30.3 Å². The zero-order valence-electron chi connectivity index (χ0n) is 9.75. The third-order valence-corrected chi connectivity index (χ3v) is 2.57. The predicted molar refractivity (Wildman–Crippen MR) is 66.2 cm³/mol. The minimum Gasteiger partial charge on any atom is -0.465 e. The van der Waals surface area contributed by atoms with Crippen LogP contribution >= 0.6 is 0 Å². The number of carbonyl (C=O) groups is 1. The van der Waals surface area contributed by atoms with Gasteiger partial charge in [-0.1, -0.05) is 0 Å². The lowest BCUT2D eigenvalue weighted by atomic mass is 10.1. The zero-order valence-corrected chi connectivity index (χ0v) is 9.75. The second-order valence-electron chi connectivity index (χ2n) is 3.64. The fourth-order valence-electron chi connectivity index (χ4n) is 1.70. The van der Waals surface area contributed by atoms with Crippen LogP contribution in [0.1, 0.15) is 16.1 Å². The van der Waals surface area contributed by atoms with E-state index >= 15 is 0 Å². The Labute approximate surface area is 104 Å². The van der Waals surface area contributed by atoms with Gasteiger partial charge in [0.15, 0.2) is 0 Å². The number of nitriles is 1. The van der Waals surface area contributed by atoms with E-state index < -0.39 is 5.97 Å². The second-order valence-corrected chi connectivity index (χ2v) is 3.64. The van der Waals surface area contributed by atoms with Gasteiger partial charge in [-0.25, -0.2) is 4.79 Å². The maximum absolute atomic E-state index is 11.3. The number of ether oxygens (including phenoxy) is 1. The average molecular weight is 241 g/mol. The van der Waals surface area contributed by atoms with Crippen LogP contribution in [0.5, 0.6) is 0 Å². The van der Waals surface area contributed by atoms with E-state index in [1.165, 1.54) is 13.2 Å². The van der Waals surface area contributed by atoms with E-state index in [1.54, 1.807) is 35.0 Å². The van der Waals surface area contributed by atoms with Crippen LogP contribution in [0.4, 0.5) is 5.69 Å². The first-order valence-corrected chi connectivity index (χ1v) is 5.23. The molecule has 5 heteroatoms. The molecule has 0 bridgehead atoms. The lowest BCUT2D eigenvalue weighted by Crippen LogP contribution is -2.05. The number of carbonyl (C=O) groups excluding carboxylic acids is 1. The topological polar surface area (TPSA) is 81.0 Å². The summed E-state index contributed by atoms with van der Waals surface area (Å²) in [5.41, 5.74) is 7.81. The van der Waals surface area contributed by atoms with Crippen LogP contribution in [-0.4, -0.2) is 17.6 Å². The van der Waals surface area contributed by atoms with Crippen molar-refractivity contribution in [3.8, 4) is 11.8 Å². The Morgan fingerprint density at radius 1 is 1.44 bits per heavy atom. The van der Waals surface area contributed by atoms with Crippen LogP contribution < -0.4 is 5.73 Å². The molecule has 0 atom stereocenters. The molecule has 0 saturated carbocycles. The van der Waals surface area contributed by atoms with E-state index in [0.29, 0.717) is 22.6 Å². The standard InChI is InChI=1S/C13H11N3O2/c1-18-13(17)9-4-5-12(11(15)7-9)16-6-2-3-10(16)8-14/h2-7H,15H2,1H3. The number of nitrogens with zero attached hydrogens (tertiary/aromatic N) is 2. The van der Waals surface area contributed by atoms with Crippen molar-refractivity contribution in [1.29, 1.82) is 5.26 Å². The molecule has 2 aromatic rings. The third-order valence-electron chi connectivity index (χ3n) is 2.57. The molecule has 0 spiro atoms. The Balaban J connectivity index is 2.49. The highest BCUT2D eigenvalue weighted by atomic mass is 16.5. The van der Waals surface area contributed by atoms with Gasteiger partial charge in [0.2, 0.25) is 0 Å². The van der Waals surface area contributed by atoms with Crippen LogP contribution in [0.2, 0.25) is 0 Å². The van der Waals surface area contributed by atoms with Crippen molar-refractivity contribution < 1.29 is 9.53 Å². The smallest absolute Gasteiger partial charge is 0.337 e. The first-order valence-electron chi connectivity index (χ1n) is 5.23. The number of hydrogen-bond acceptors (Lipinski definition) is 4. The number of benzene rings is 1. The maximum atomic E-state index is 11.3. The summed E-state index contributed by atoms with van der Waals surface area (Å²) in [5.74, 6) is -0.443. The number of nitrogens with two attached hydrogens (primary N) is 1. The van der Waals surface area contributed by atoms with Crippen molar-refractivity contribution >= 4 is 11.7 Å². The van der Waals surface area contributed by atoms with Crippen molar-refractivity contribution in [2.24, 2.45) is 0 Å². The molecule has 1 aromatic heterocycles. The minimum absolute atomic E-state index is 0.379. The molecule has 5 nitrogen and oxygen atoms in total. The largest absolute Gasteiger partial charge is 0.465 e. The fraction of sp³-hybridized carbons (Fsp3) is 0.0769. The van der Waals surface area contributed by atoms with Crippen molar-refractivity contribution in [3.63, 3.8) is 0 Å². The van der Waals surface area contributed by atoms with E-state index in [9.17, 15) is 4.79 Å². The van der Waals surface area contributed by atoms with Gasteiger partial charge in [-0.15, -0.1) is 0 Å². The van der Waals surface area contributed by atoms with Crippen LogP contribution in [0, 0.1) is 11.3 Å². The van der Waals surface area contributed by atoms with Gasteiger partial charge in [-0.3, -0.25) is 0 Å². The number of nitrogen functional groups attached to an aromatic ring is 1. The first-order chi connectivity index (χ1) is 8.67. The van der Waals surface area contributed by atoms with Gasteiger partial charge < -0.3 is 15.0 Å². The minimum atomic E-state index is -0.443. The molecular formula is C13H11N3O2. The Kier molecular flexibility index (Phi) is 3.02. The van der Waals surface area contributed by atoms with E-state index in [1.807, 2.05) is 0 Å². The molecule has 2 N–H and O–H groups in total.